The normalized spacial score (nSPS) is 11.9. The average Bonchev–Trinajstić information content (AvgIpc) is 2.35. The van der Waals surface area contributed by atoms with Crippen molar-refractivity contribution >= 4 is 21.4 Å². The minimum absolute atomic E-state index is 0.691. The maximum Gasteiger partial charge on any atom is 0.115 e. The van der Waals surface area contributed by atoms with Crippen LogP contribution in [-0.2, 0) is 0 Å². The zero-order chi connectivity index (χ0) is 14.0. The summed E-state index contributed by atoms with van der Waals surface area (Å²) in [6.07, 6.45) is 4.17. The van der Waals surface area contributed by atoms with Gasteiger partial charge >= 0.3 is 0 Å². The van der Waals surface area contributed by atoms with Gasteiger partial charge < -0.3 is 5.32 Å². The van der Waals surface area contributed by atoms with Gasteiger partial charge in [-0.3, -0.25) is 14.7 Å². The number of nitrogens with zero attached hydrogens (tertiary/aromatic N) is 3. The Morgan fingerprint density at radius 1 is 1.44 bits per heavy atom. The van der Waals surface area contributed by atoms with Crippen molar-refractivity contribution in [3.63, 3.8) is 0 Å². The van der Waals surface area contributed by atoms with Gasteiger partial charge in [0, 0.05) is 37.3 Å². The number of amidine groups is 1. The first-order valence-electron chi connectivity index (χ1n) is 5.79. The number of nitrogens with one attached hydrogen (secondary N) is 1. The molecule has 1 atom stereocenters. The van der Waals surface area contributed by atoms with Crippen LogP contribution in [0.15, 0.2) is 47.2 Å². The van der Waals surface area contributed by atoms with Gasteiger partial charge in [-0.15, -0.1) is 0 Å². The van der Waals surface area contributed by atoms with Crippen molar-refractivity contribution in [2.24, 2.45) is 9.98 Å². The predicted molar refractivity (Wildman–Crippen MR) is 85.0 cm³/mol. The quantitative estimate of drug-likeness (QED) is 0.317. The Kier molecular flexibility index (Phi) is 9.07. The van der Waals surface area contributed by atoms with Crippen LogP contribution in [0.2, 0.25) is 0 Å². The maximum absolute atomic E-state index is 4.20. The van der Waals surface area contributed by atoms with Crippen LogP contribution < -0.4 is 5.32 Å². The van der Waals surface area contributed by atoms with Crippen molar-refractivity contribution in [1.82, 2.24) is 9.99 Å². The summed E-state index contributed by atoms with van der Waals surface area (Å²) >= 11 is 0. The maximum atomic E-state index is 4.20. The van der Waals surface area contributed by atoms with Gasteiger partial charge in [-0.05, 0) is 6.42 Å². The van der Waals surface area contributed by atoms with Crippen LogP contribution in [-0.4, -0.2) is 36.9 Å². The lowest BCUT2D eigenvalue weighted by molar-refractivity contribution is 0.522. The molecule has 0 heterocycles. The molecular weight excluding hydrogens is 243 g/mol. The topological polar surface area (TPSA) is 40.0 Å². The fourth-order valence-electron chi connectivity index (χ4n) is 1.20. The van der Waals surface area contributed by atoms with E-state index in [1.54, 1.807) is 13.3 Å². The summed E-state index contributed by atoms with van der Waals surface area (Å²) in [7, 11) is 4.44. The number of hydrogen-bond acceptors (Lipinski definition) is 3. The zero-order valence-corrected chi connectivity index (χ0v) is 12.5. The minimum atomic E-state index is 0.691. The van der Waals surface area contributed by atoms with Crippen LogP contribution >= 0.6 is 9.39 Å². The number of allylic oxidation sites excluding steroid dienone is 1. The summed E-state index contributed by atoms with van der Waals surface area (Å²) in [6.45, 7) is 15.1. The highest BCUT2D eigenvalue weighted by Gasteiger charge is 2.05. The third-order valence-electron chi connectivity index (χ3n) is 2.15. The first kappa shape index (κ1) is 16.8. The molecule has 0 bridgehead atoms. The zero-order valence-electron chi connectivity index (χ0n) is 11.3. The Labute approximate surface area is 113 Å². The van der Waals surface area contributed by atoms with Crippen molar-refractivity contribution in [2.75, 3.05) is 20.1 Å². The van der Waals surface area contributed by atoms with Crippen molar-refractivity contribution in [3.8, 4) is 0 Å². The van der Waals surface area contributed by atoms with Gasteiger partial charge in [0.2, 0.25) is 0 Å². The van der Waals surface area contributed by atoms with Crippen LogP contribution in [0.25, 0.3) is 0 Å². The lowest BCUT2D eigenvalue weighted by Crippen LogP contribution is -2.33. The van der Waals surface area contributed by atoms with E-state index in [1.807, 2.05) is 0 Å². The van der Waals surface area contributed by atoms with Gasteiger partial charge in [0.15, 0.2) is 0 Å². The van der Waals surface area contributed by atoms with Gasteiger partial charge in [0.05, 0.1) is 6.54 Å². The smallest absolute Gasteiger partial charge is 0.115 e. The van der Waals surface area contributed by atoms with Gasteiger partial charge in [0.1, 0.15) is 5.84 Å². The third-order valence-corrected chi connectivity index (χ3v) is 2.59. The molecule has 1 N–H and O–H groups in total. The standard InChI is InChI=1S/C13H23N4P/c1-6-8-17(18)10-13(14-5)16-12(4)11(3)9-15-7-2/h7,9H,2-4,6,8,10,18H2,1,5H3,(H,14,16). The summed E-state index contributed by atoms with van der Waals surface area (Å²) in [5, 5.41) is 3.14. The first-order valence-corrected chi connectivity index (χ1v) is 6.31. The van der Waals surface area contributed by atoms with Gasteiger partial charge in [-0.1, -0.05) is 36.1 Å². The van der Waals surface area contributed by atoms with E-state index in [4.69, 9.17) is 0 Å². The molecule has 0 amide bonds. The highest BCUT2D eigenvalue weighted by Crippen LogP contribution is 2.02. The summed E-state index contributed by atoms with van der Waals surface area (Å²) in [4.78, 5) is 8.10. The number of hydrogen-bond donors (Lipinski definition) is 1. The van der Waals surface area contributed by atoms with E-state index in [-0.39, 0.29) is 0 Å². The molecule has 0 aliphatic rings. The van der Waals surface area contributed by atoms with E-state index >= 15 is 0 Å². The summed E-state index contributed by atoms with van der Waals surface area (Å²) in [5.74, 6) is 0.844. The fourth-order valence-corrected chi connectivity index (χ4v) is 1.63. The number of aliphatic imine (C=N–C) groups is 2. The molecule has 0 spiro atoms. The average molecular weight is 266 g/mol. The van der Waals surface area contributed by atoms with E-state index in [0.717, 1.165) is 25.3 Å². The Hall–Kier alpha value is -1.25. The van der Waals surface area contributed by atoms with Gasteiger partial charge in [-0.25, -0.2) is 0 Å². The summed E-state index contributed by atoms with van der Waals surface area (Å²) in [5.41, 5.74) is 1.40. The fraction of sp³-hybridized carbons (Fsp3) is 0.385. The van der Waals surface area contributed by atoms with E-state index in [1.165, 1.54) is 6.20 Å². The minimum Gasteiger partial charge on any atom is -0.343 e. The van der Waals surface area contributed by atoms with Crippen LogP contribution in [0, 0.1) is 0 Å². The molecule has 0 saturated heterocycles. The molecule has 0 aromatic carbocycles. The molecule has 0 aliphatic carbocycles. The van der Waals surface area contributed by atoms with Crippen molar-refractivity contribution in [2.45, 2.75) is 13.3 Å². The Morgan fingerprint density at radius 3 is 2.61 bits per heavy atom. The van der Waals surface area contributed by atoms with Crippen LogP contribution in [0.5, 0.6) is 0 Å². The second kappa shape index (κ2) is 9.75. The molecule has 0 aliphatic heterocycles. The van der Waals surface area contributed by atoms with E-state index in [9.17, 15) is 0 Å². The van der Waals surface area contributed by atoms with Gasteiger partial charge in [0.25, 0.3) is 0 Å². The molecule has 100 valence electrons. The molecule has 4 nitrogen and oxygen atoms in total. The highest BCUT2D eigenvalue weighted by atomic mass is 31.0. The first-order chi connectivity index (χ1) is 8.54. The van der Waals surface area contributed by atoms with E-state index < -0.39 is 0 Å². The molecule has 0 saturated carbocycles. The van der Waals surface area contributed by atoms with Crippen molar-refractivity contribution in [3.05, 3.63) is 37.2 Å². The molecule has 0 fully saturated rings. The third kappa shape index (κ3) is 7.15. The van der Waals surface area contributed by atoms with Crippen molar-refractivity contribution < 1.29 is 0 Å². The van der Waals surface area contributed by atoms with Crippen molar-refractivity contribution in [1.29, 1.82) is 0 Å². The molecule has 0 aromatic heterocycles. The lowest BCUT2D eigenvalue weighted by atomic mass is 10.2. The Bertz CT molecular complexity index is 358. The second-order valence-electron chi connectivity index (χ2n) is 3.73. The van der Waals surface area contributed by atoms with E-state index in [2.05, 4.69) is 56.0 Å². The second-order valence-corrected chi connectivity index (χ2v) is 4.46. The Balaban J connectivity index is 4.37. The molecule has 1 unspecified atom stereocenters. The highest BCUT2D eigenvalue weighted by molar-refractivity contribution is 7.13. The van der Waals surface area contributed by atoms with Gasteiger partial charge in [-0.2, -0.15) is 0 Å². The molecule has 0 rings (SSSR count). The predicted octanol–water partition coefficient (Wildman–Crippen LogP) is 2.39. The summed E-state index contributed by atoms with van der Waals surface area (Å²) < 4.78 is 2.11. The summed E-state index contributed by atoms with van der Waals surface area (Å²) in [6, 6.07) is 0. The number of rotatable bonds is 8. The Morgan fingerprint density at radius 2 is 2.11 bits per heavy atom. The molecular formula is C13H23N4P. The van der Waals surface area contributed by atoms with Crippen LogP contribution in [0.4, 0.5) is 0 Å². The van der Waals surface area contributed by atoms with Crippen LogP contribution in [0.3, 0.4) is 0 Å². The van der Waals surface area contributed by atoms with Crippen LogP contribution in [0.1, 0.15) is 13.3 Å². The SMILES string of the molecule is C=CN=CC(=C)C(=C)NC(CN(P)CCC)=NC. The monoisotopic (exact) mass is 266 g/mol. The molecule has 0 aromatic rings. The molecule has 18 heavy (non-hydrogen) atoms. The molecule has 5 heteroatoms. The largest absolute Gasteiger partial charge is 0.343 e. The van der Waals surface area contributed by atoms with E-state index in [0.29, 0.717) is 11.3 Å². The molecule has 0 radical (unpaired) electrons. The lowest BCUT2D eigenvalue weighted by Gasteiger charge is -2.18.